The molecule has 1 N–H and O–H groups in total. The Morgan fingerprint density at radius 1 is 0.706 bits per heavy atom. The van der Waals surface area contributed by atoms with Crippen molar-refractivity contribution < 1.29 is 4.79 Å². The van der Waals surface area contributed by atoms with Crippen LogP contribution in [0.5, 0.6) is 0 Å². The maximum Gasteiger partial charge on any atom is 0.132 e. The summed E-state index contributed by atoms with van der Waals surface area (Å²) in [6, 6.07) is 0. The molecule has 1 saturated carbocycles. The van der Waals surface area contributed by atoms with E-state index in [1.54, 1.807) is 0 Å². The van der Waals surface area contributed by atoms with Crippen molar-refractivity contribution >= 4 is 5.78 Å². The van der Waals surface area contributed by atoms with Crippen molar-refractivity contribution in [2.24, 2.45) is 0 Å². The summed E-state index contributed by atoms with van der Waals surface area (Å²) in [6.07, 6.45) is 20.8. The van der Waals surface area contributed by atoms with E-state index in [0.717, 1.165) is 25.7 Å². The summed E-state index contributed by atoms with van der Waals surface area (Å²) in [6.45, 7) is 0. The molecule has 0 spiro atoms. The number of allylic oxidation sites excluding steroid dienone is 4. The number of carbonyl (C=O) groups excluding carboxylic acids is 1. The molecule has 0 aromatic carbocycles. The third-order valence-corrected chi connectivity index (χ3v) is 2.88. The van der Waals surface area contributed by atoms with Gasteiger partial charge >= 0.3 is 0 Å². The average molecular weight is 233 g/mol. The van der Waals surface area contributed by atoms with Crippen molar-refractivity contribution in [3.8, 4) is 0 Å². The van der Waals surface area contributed by atoms with Gasteiger partial charge in [0.05, 0.1) is 0 Å². The van der Waals surface area contributed by atoms with E-state index in [2.05, 4.69) is 5.32 Å². The summed E-state index contributed by atoms with van der Waals surface area (Å²) < 4.78 is 0. The van der Waals surface area contributed by atoms with E-state index >= 15 is 0 Å². The van der Waals surface area contributed by atoms with E-state index in [0.29, 0.717) is 5.78 Å². The molecule has 2 nitrogen and oxygen atoms in total. The smallest absolute Gasteiger partial charge is 0.132 e. The lowest BCUT2D eigenvalue weighted by molar-refractivity contribution is -0.119. The number of ketones is 1. The Kier molecular flexibility index (Phi) is 8.00. The summed E-state index contributed by atoms with van der Waals surface area (Å²) in [5, 5.41) is 2.92. The van der Waals surface area contributed by atoms with Crippen molar-refractivity contribution in [2.45, 2.75) is 51.4 Å². The van der Waals surface area contributed by atoms with Gasteiger partial charge in [0, 0.05) is 25.2 Å². The van der Waals surface area contributed by atoms with Gasteiger partial charge in [0.2, 0.25) is 0 Å². The number of hydrogen-bond donors (Lipinski definition) is 1. The molecular weight excluding hydrogens is 210 g/mol. The van der Waals surface area contributed by atoms with Gasteiger partial charge in [0.15, 0.2) is 0 Å². The van der Waals surface area contributed by atoms with Crippen LogP contribution in [-0.2, 0) is 4.79 Å². The second kappa shape index (κ2) is 9.88. The molecule has 1 aliphatic heterocycles. The molecule has 2 aliphatic rings. The van der Waals surface area contributed by atoms with Gasteiger partial charge in [-0.3, -0.25) is 4.79 Å². The Morgan fingerprint density at radius 2 is 1.18 bits per heavy atom. The molecule has 17 heavy (non-hydrogen) atoms. The molecule has 2 heteroatoms. The maximum absolute atomic E-state index is 11.0. The highest BCUT2D eigenvalue weighted by molar-refractivity contribution is 5.78. The lowest BCUT2D eigenvalue weighted by Gasteiger charge is -1.93. The summed E-state index contributed by atoms with van der Waals surface area (Å²) in [5.41, 5.74) is 0. The molecule has 0 aromatic rings. The SMILES string of the molecule is C1=CC=CNC=C1.O=C1CCCCCCCC1. The average Bonchev–Trinajstić information content (AvgIpc) is 2.59. The molecule has 0 radical (unpaired) electrons. The molecule has 1 aliphatic carbocycles. The van der Waals surface area contributed by atoms with E-state index in [-0.39, 0.29) is 0 Å². The fourth-order valence-corrected chi connectivity index (χ4v) is 1.88. The molecule has 0 unspecified atom stereocenters. The summed E-state index contributed by atoms with van der Waals surface area (Å²) in [5.74, 6) is 0.488. The van der Waals surface area contributed by atoms with Gasteiger partial charge in [-0.05, 0) is 25.0 Å². The Hall–Kier alpha value is -1.31. The quantitative estimate of drug-likeness (QED) is 0.688. The van der Waals surface area contributed by atoms with Crippen LogP contribution in [0.25, 0.3) is 0 Å². The van der Waals surface area contributed by atoms with Gasteiger partial charge in [0.1, 0.15) is 5.78 Å². The van der Waals surface area contributed by atoms with Crippen molar-refractivity contribution in [1.82, 2.24) is 5.32 Å². The van der Waals surface area contributed by atoms with E-state index < -0.39 is 0 Å². The first kappa shape index (κ1) is 13.8. The molecule has 1 fully saturated rings. The van der Waals surface area contributed by atoms with Crippen LogP contribution in [0.1, 0.15) is 51.4 Å². The van der Waals surface area contributed by atoms with Crippen LogP contribution in [0.15, 0.2) is 36.7 Å². The molecule has 0 saturated heterocycles. The molecule has 0 amide bonds. The van der Waals surface area contributed by atoms with Crippen LogP contribution in [0.4, 0.5) is 0 Å². The highest BCUT2D eigenvalue weighted by Gasteiger charge is 2.03. The van der Waals surface area contributed by atoms with Crippen LogP contribution in [0.3, 0.4) is 0 Å². The fraction of sp³-hybridized carbons (Fsp3) is 0.533. The minimum absolute atomic E-state index is 0.488. The van der Waals surface area contributed by atoms with Crippen LogP contribution in [0, 0.1) is 0 Å². The Morgan fingerprint density at radius 3 is 1.71 bits per heavy atom. The number of hydrogen-bond acceptors (Lipinski definition) is 2. The lowest BCUT2D eigenvalue weighted by atomic mass is 10.1. The standard InChI is InChI=1S/C9H16O.C6H7N/c10-9-7-5-3-1-2-4-6-8-9;1-2-4-6-7-5-3-1/h1-8H2;1-7H. The van der Waals surface area contributed by atoms with E-state index in [1.807, 2.05) is 36.7 Å². The van der Waals surface area contributed by atoms with Crippen LogP contribution in [0.2, 0.25) is 0 Å². The molecule has 0 atom stereocenters. The first-order valence-corrected chi connectivity index (χ1v) is 6.66. The molecule has 0 aromatic heterocycles. The lowest BCUT2D eigenvalue weighted by Crippen LogP contribution is -1.95. The first-order chi connectivity index (χ1) is 8.39. The maximum atomic E-state index is 11.0. The Bertz CT molecular complexity index is 263. The van der Waals surface area contributed by atoms with Gasteiger partial charge < -0.3 is 5.32 Å². The summed E-state index contributed by atoms with van der Waals surface area (Å²) in [7, 11) is 0. The van der Waals surface area contributed by atoms with E-state index in [1.165, 1.54) is 25.7 Å². The monoisotopic (exact) mass is 233 g/mol. The predicted molar refractivity (Wildman–Crippen MR) is 72.5 cm³/mol. The minimum atomic E-state index is 0.488. The zero-order chi connectivity index (χ0) is 12.2. The van der Waals surface area contributed by atoms with Crippen LogP contribution in [-0.4, -0.2) is 5.78 Å². The van der Waals surface area contributed by atoms with Crippen LogP contribution >= 0.6 is 0 Å². The zero-order valence-electron chi connectivity index (χ0n) is 10.5. The number of Topliss-reactive ketones (excluding diaryl/α,β-unsaturated/α-hetero) is 1. The Labute approximate surface area is 104 Å². The van der Waals surface area contributed by atoms with Gasteiger partial charge in [-0.1, -0.05) is 37.8 Å². The van der Waals surface area contributed by atoms with Crippen molar-refractivity contribution in [3.63, 3.8) is 0 Å². The third kappa shape index (κ3) is 8.49. The topological polar surface area (TPSA) is 29.1 Å². The number of rotatable bonds is 0. The van der Waals surface area contributed by atoms with Gasteiger partial charge in [0.25, 0.3) is 0 Å². The fourth-order valence-electron chi connectivity index (χ4n) is 1.88. The van der Waals surface area contributed by atoms with E-state index in [9.17, 15) is 4.79 Å². The number of nitrogens with one attached hydrogen (secondary N) is 1. The van der Waals surface area contributed by atoms with Gasteiger partial charge in [-0.15, -0.1) is 0 Å². The molecule has 0 bridgehead atoms. The van der Waals surface area contributed by atoms with Crippen molar-refractivity contribution in [1.29, 1.82) is 0 Å². The molecule has 2 rings (SSSR count). The molecule has 94 valence electrons. The minimum Gasteiger partial charge on any atom is -0.368 e. The summed E-state index contributed by atoms with van der Waals surface area (Å²) >= 11 is 0. The largest absolute Gasteiger partial charge is 0.368 e. The second-order valence-electron chi connectivity index (χ2n) is 4.43. The van der Waals surface area contributed by atoms with Crippen molar-refractivity contribution in [2.75, 3.05) is 0 Å². The summed E-state index contributed by atoms with van der Waals surface area (Å²) in [4.78, 5) is 11.0. The molecular formula is C15H23NO. The van der Waals surface area contributed by atoms with Crippen LogP contribution < -0.4 is 5.32 Å². The van der Waals surface area contributed by atoms with Crippen molar-refractivity contribution in [3.05, 3.63) is 36.7 Å². The first-order valence-electron chi connectivity index (χ1n) is 6.66. The van der Waals surface area contributed by atoms with Gasteiger partial charge in [-0.2, -0.15) is 0 Å². The molecule has 1 heterocycles. The zero-order valence-corrected chi connectivity index (χ0v) is 10.5. The van der Waals surface area contributed by atoms with E-state index in [4.69, 9.17) is 0 Å². The third-order valence-electron chi connectivity index (χ3n) is 2.88. The Balaban J connectivity index is 0.000000181. The predicted octanol–water partition coefficient (Wildman–Crippen LogP) is 3.86. The normalized spacial score (nSPS) is 20.1. The highest BCUT2D eigenvalue weighted by atomic mass is 16.1. The van der Waals surface area contributed by atoms with Gasteiger partial charge in [-0.25, -0.2) is 0 Å². The number of carbonyl (C=O) groups is 1. The second-order valence-corrected chi connectivity index (χ2v) is 4.43. The highest BCUT2D eigenvalue weighted by Crippen LogP contribution is 2.13.